The van der Waals surface area contributed by atoms with Crippen molar-refractivity contribution in [3.63, 3.8) is 0 Å². The van der Waals surface area contributed by atoms with Gasteiger partial charge in [-0.2, -0.15) is 10.1 Å². The predicted octanol–water partition coefficient (Wildman–Crippen LogP) is 3.29. The predicted molar refractivity (Wildman–Crippen MR) is 98.7 cm³/mol. The normalized spacial score (nSPS) is 10.4. The van der Waals surface area contributed by atoms with Crippen LogP contribution in [0, 0.1) is 5.82 Å². The molecular weight excluding hydrogens is 333 g/mol. The molecule has 3 rings (SSSR count). The van der Waals surface area contributed by atoms with E-state index in [4.69, 9.17) is 4.74 Å². The van der Waals surface area contributed by atoms with Crippen molar-refractivity contribution >= 4 is 11.8 Å². The van der Waals surface area contributed by atoms with Gasteiger partial charge in [-0.25, -0.2) is 4.39 Å². The first-order valence-corrected chi connectivity index (χ1v) is 8.28. The number of nitrogens with zero attached hydrogens (tertiary/aromatic N) is 3. The van der Waals surface area contributed by atoms with Crippen molar-refractivity contribution in [3.05, 3.63) is 71.7 Å². The Morgan fingerprint density at radius 2 is 1.85 bits per heavy atom. The van der Waals surface area contributed by atoms with Crippen LogP contribution in [0.25, 0.3) is 0 Å². The molecule has 26 heavy (non-hydrogen) atoms. The zero-order valence-corrected chi connectivity index (χ0v) is 14.4. The Bertz CT molecular complexity index is 841. The fourth-order valence-electron chi connectivity index (χ4n) is 2.41. The molecule has 2 aromatic carbocycles. The van der Waals surface area contributed by atoms with Gasteiger partial charge in [-0.05, 0) is 30.2 Å². The third-order valence-corrected chi connectivity index (χ3v) is 3.83. The number of benzene rings is 2. The highest BCUT2D eigenvalue weighted by Crippen LogP contribution is 2.12. The summed E-state index contributed by atoms with van der Waals surface area (Å²) in [6.45, 7) is 1.00. The average Bonchev–Trinajstić information content (AvgIpc) is 2.68. The second-order valence-corrected chi connectivity index (χ2v) is 5.64. The Balaban J connectivity index is 1.51. The van der Waals surface area contributed by atoms with Crippen LogP contribution < -0.4 is 15.4 Å². The maximum Gasteiger partial charge on any atom is 0.244 e. The molecule has 134 valence electrons. The number of methoxy groups -OCH3 is 1. The monoisotopic (exact) mass is 353 g/mol. The Labute approximate surface area is 151 Å². The number of hydrogen-bond acceptors (Lipinski definition) is 6. The molecule has 0 bridgehead atoms. The molecule has 7 heteroatoms. The number of nitrogens with one attached hydrogen (secondary N) is 2. The first kappa shape index (κ1) is 17.6. The van der Waals surface area contributed by atoms with E-state index in [-0.39, 0.29) is 5.82 Å². The minimum absolute atomic E-state index is 0.262. The minimum atomic E-state index is -0.262. The molecule has 0 aliphatic carbocycles. The van der Waals surface area contributed by atoms with Crippen LogP contribution in [0.1, 0.15) is 11.1 Å². The zero-order chi connectivity index (χ0) is 18.2. The summed E-state index contributed by atoms with van der Waals surface area (Å²) < 4.78 is 18.8. The van der Waals surface area contributed by atoms with Crippen molar-refractivity contribution < 1.29 is 9.13 Å². The van der Waals surface area contributed by atoms with Crippen LogP contribution >= 0.6 is 0 Å². The quantitative estimate of drug-likeness (QED) is 0.647. The van der Waals surface area contributed by atoms with Gasteiger partial charge < -0.3 is 15.4 Å². The summed E-state index contributed by atoms with van der Waals surface area (Å²) in [5, 5.41) is 14.0. The van der Waals surface area contributed by atoms with Crippen molar-refractivity contribution in [1.29, 1.82) is 0 Å². The number of anilines is 2. The summed E-state index contributed by atoms with van der Waals surface area (Å²) in [5.74, 6) is 1.54. The van der Waals surface area contributed by atoms with Crippen LogP contribution in [0.15, 0.2) is 54.7 Å². The van der Waals surface area contributed by atoms with Crippen LogP contribution in [0.4, 0.5) is 16.2 Å². The van der Waals surface area contributed by atoms with E-state index in [0.717, 1.165) is 12.2 Å². The average molecular weight is 353 g/mol. The van der Waals surface area contributed by atoms with Crippen LogP contribution in [0.3, 0.4) is 0 Å². The van der Waals surface area contributed by atoms with Gasteiger partial charge in [0.2, 0.25) is 5.95 Å². The van der Waals surface area contributed by atoms with E-state index in [9.17, 15) is 4.39 Å². The maximum absolute atomic E-state index is 13.6. The summed E-state index contributed by atoms with van der Waals surface area (Å²) in [5.41, 5.74) is 1.74. The van der Waals surface area contributed by atoms with Gasteiger partial charge in [0.25, 0.3) is 0 Å². The SMILES string of the molecule is COc1ccc(CCNc2cnnc(NCc3ccccc3F)n2)cc1. The molecule has 0 unspecified atom stereocenters. The van der Waals surface area contributed by atoms with Crippen LogP contribution in [-0.4, -0.2) is 28.8 Å². The summed E-state index contributed by atoms with van der Waals surface area (Å²) >= 11 is 0. The number of aromatic nitrogens is 3. The van der Waals surface area contributed by atoms with Gasteiger partial charge in [0.05, 0.1) is 13.3 Å². The zero-order valence-electron chi connectivity index (χ0n) is 14.4. The summed E-state index contributed by atoms with van der Waals surface area (Å²) in [6.07, 6.45) is 2.40. The fraction of sp³-hybridized carbons (Fsp3) is 0.211. The van der Waals surface area contributed by atoms with Gasteiger partial charge in [0.1, 0.15) is 11.6 Å². The highest BCUT2D eigenvalue weighted by molar-refractivity contribution is 5.38. The Kier molecular flexibility index (Phi) is 5.92. The molecule has 0 aliphatic rings. The molecular formula is C19H20FN5O. The van der Waals surface area contributed by atoms with E-state index < -0.39 is 0 Å². The molecule has 0 aliphatic heterocycles. The lowest BCUT2D eigenvalue weighted by atomic mass is 10.1. The summed E-state index contributed by atoms with van der Waals surface area (Å²) in [7, 11) is 1.65. The van der Waals surface area contributed by atoms with Crippen molar-refractivity contribution in [1.82, 2.24) is 15.2 Å². The molecule has 0 radical (unpaired) electrons. The van der Waals surface area contributed by atoms with Crippen molar-refractivity contribution in [2.45, 2.75) is 13.0 Å². The van der Waals surface area contributed by atoms with Crippen molar-refractivity contribution in [2.75, 3.05) is 24.3 Å². The highest BCUT2D eigenvalue weighted by atomic mass is 19.1. The first-order valence-electron chi connectivity index (χ1n) is 8.28. The lowest BCUT2D eigenvalue weighted by Crippen LogP contribution is -2.10. The third kappa shape index (κ3) is 4.89. The molecule has 6 nitrogen and oxygen atoms in total. The van der Waals surface area contributed by atoms with E-state index in [1.165, 1.54) is 11.6 Å². The topological polar surface area (TPSA) is 72.0 Å². The van der Waals surface area contributed by atoms with E-state index in [0.29, 0.717) is 30.4 Å². The number of hydrogen-bond donors (Lipinski definition) is 2. The molecule has 0 saturated carbocycles. The third-order valence-electron chi connectivity index (χ3n) is 3.83. The molecule has 2 N–H and O–H groups in total. The van der Waals surface area contributed by atoms with Gasteiger partial charge in [-0.1, -0.05) is 30.3 Å². The van der Waals surface area contributed by atoms with E-state index in [1.807, 2.05) is 24.3 Å². The molecule has 1 heterocycles. The van der Waals surface area contributed by atoms with E-state index in [2.05, 4.69) is 25.8 Å². The van der Waals surface area contributed by atoms with E-state index in [1.54, 1.807) is 31.5 Å². The molecule has 0 amide bonds. The second kappa shape index (κ2) is 8.75. The molecule has 1 aromatic heterocycles. The lowest BCUT2D eigenvalue weighted by Gasteiger charge is -2.08. The smallest absolute Gasteiger partial charge is 0.244 e. The molecule has 0 saturated heterocycles. The number of rotatable bonds is 8. The van der Waals surface area contributed by atoms with Crippen LogP contribution in [0.2, 0.25) is 0 Å². The van der Waals surface area contributed by atoms with Gasteiger partial charge >= 0.3 is 0 Å². The largest absolute Gasteiger partial charge is 0.497 e. The molecule has 0 spiro atoms. The highest BCUT2D eigenvalue weighted by Gasteiger charge is 2.04. The van der Waals surface area contributed by atoms with Gasteiger partial charge in [0.15, 0.2) is 5.82 Å². The molecule has 0 atom stereocenters. The van der Waals surface area contributed by atoms with Crippen molar-refractivity contribution in [3.8, 4) is 5.75 Å². The van der Waals surface area contributed by atoms with Gasteiger partial charge in [-0.3, -0.25) is 0 Å². The van der Waals surface area contributed by atoms with Crippen LogP contribution in [-0.2, 0) is 13.0 Å². The molecule has 3 aromatic rings. The van der Waals surface area contributed by atoms with Crippen LogP contribution in [0.5, 0.6) is 5.75 Å². The lowest BCUT2D eigenvalue weighted by molar-refractivity contribution is 0.414. The van der Waals surface area contributed by atoms with E-state index >= 15 is 0 Å². The maximum atomic E-state index is 13.6. The first-order chi connectivity index (χ1) is 12.7. The number of halogens is 1. The minimum Gasteiger partial charge on any atom is -0.497 e. The van der Waals surface area contributed by atoms with Crippen molar-refractivity contribution in [2.24, 2.45) is 0 Å². The van der Waals surface area contributed by atoms with Gasteiger partial charge in [0, 0.05) is 18.7 Å². The molecule has 0 fully saturated rings. The standard InChI is InChI=1S/C19H20FN5O/c1-26-16-8-6-14(7-9-16)10-11-21-18-13-23-25-19(24-18)22-12-15-4-2-3-5-17(15)20/h2-9,13H,10-12H2,1H3,(H2,21,22,24,25). The summed E-state index contributed by atoms with van der Waals surface area (Å²) in [6, 6.07) is 14.5. The Morgan fingerprint density at radius 3 is 2.62 bits per heavy atom. The Hall–Kier alpha value is -3.22. The second-order valence-electron chi connectivity index (χ2n) is 5.64. The fourth-order valence-corrected chi connectivity index (χ4v) is 2.41. The summed E-state index contributed by atoms with van der Waals surface area (Å²) in [4.78, 5) is 4.34. The van der Waals surface area contributed by atoms with Gasteiger partial charge in [-0.15, -0.1) is 5.10 Å². The Morgan fingerprint density at radius 1 is 1.04 bits per heavy atom. The number of ether oxygens (including phenoxy) is 1.